The lowest BCUT2D eigenvalue weighted by Gasteiger charge is -2.08. The summed E-state index contributed by atoms with van der Waals surface area (Å²) in [5.74, 6) is -0.635. The highest BCUT2D eigenvalue weighted by Gasteiger charge is 2.31. The van der Waals surface area contributed by atoms with Gasteiger partial charge in [0.1, 0.15) is 17.5 Å². The van der Waals surface area contributed by atoms with Crippen molar-refractivity contribution in [3.05, 3.63) is 23.5 Å². The van der Waals surface area contributed by atoms with Crippen molar-refractivity contribution in [2.45, 2.75) is 6.36 Å². The minimum atomic E-state index is -4.85. The zero-order chi connectivity index (χ0) is 11.5. The lowest BCUT2D eigenvalue weighted by Crippen LogP contribution is -2.17. The highest BCUT2D eigenvalue weighted by Crippen LogP contribution is 2.23. The third-order valence-electron chi connectivity index (χ3n) is 1.36. The zero-order valence-electron chi connectivity index (χ0n) is 7.08. The molecule has 1 heterocycles. The van der Waals surface area contributed by atoms with Crippen LogP contribution in [0.5, 0.6) is 5.75 Å². The Balaban J connectivity index is 3.05. The Morgan fingerprint density at radius 1 is 1.53 bits per heavy atom. The maximum atomic E-state index is 11.8. The van der Waals surface area contributed by atoms with Crippen LogP contribution < -0.4 is 4.74 Å². The van der Waals surface area contributed by atoms with Gasteiger partial charge in [-0.25, -0.2) is 4.98 Å². The van der Waals surface area contributed by atoms with E-state index in [1.165, 1.54) is 6.07 Å². The van der Waals surface area contributed by atoms with Crippen molar-refractivity contribution >= 4 is 6.29 Å². The van der Waals surface area contributed by atoms with Gasteiger partial charge in [0.2, 0.25) is 0 Å². The quantitative estimate of drug-likeness (QED) is 0.705. The summed E-state index contributed by atoms with van der Waals surface area (Å²) in [6, 6.07) is 2.33. The lowest BCUT2D eigenvalue weighted by atomic mass is 10.2. The van der Waals surface area contributed by atoms with Gasteiger partial charge >= 0.3 is 6.36 Å². The molecule has 15 heavy (non-hydrogen) atoms. The molecule has 0 amide bonds. The lowest BCUT2D eigenvalue weighted by molar-refractivity contribution is -0.274. The molecule has 0 aliphatic carbocycles. The second kappa shape index (κ2) is 3.96. The number of carbonyl (C=O) groups is 1. The van der Waals surface area contributed by atoms with Crippen LogP contribution in [0.3, 0.4) is 0 Å². The number of halogens is 3. The number of hydrogen-bond acceptors (Lipinski definition) is 4. The molecule has 0 saturated carbocycles. The Labute approximate surface area is 81.9 Å². The molecule has 0 saturated heterocycles. The van der Waals surface area contributed by atoms with Gasteiger partial charge in [-0.15, -0.1) is 13.2 Å². The van der Waals surface area contributed by atoms with Gasteiger partial charge < -0.3 is 4.74 Å². The van der Waals surface area contributed by atoms with Crippen molar-refractivity contribution in [3.63, 3.8) is 0 Å². The summed E-state index contributed by atoms with van der Waals surface area (Å²) >= 11 is 0. The molecule has 0 aliphatic rings. The summed E-state index contributed by atoms with van der Waals surface area (Å²) in [5.41, 5.74) is -0.501. The molecular weight excluding hydrogens is 213 g/mol. The maximum absolute atomic E-state index is 11.8. The van der Waals surface area contributed by atoms with Crippen LogP contribution in [-0.4, -0.2) is 17.6 Å². The number of rotatable bonds is 2. The number of carbonyl (C=O) groups excluding carboxylic acids is 1. The second-order valence-corrected chi connectivity index (χ2v) is 2.38. The summed E-state index contributed by atoms with van der Waals surface area (Å²) in [7, 11) is 0. The van der Waals surface area contributed by atoms with Crippen molar-refractivity contribution in [3.8, 4) is 11.8 Å². The third kappa shape index (κ3) is 2.95. The van der Waals surface area contributed by atoms with Crippen molar-refractivity contribution in [1.82, 2.24) is 4.98 Å². The molecule has 0 fully saturated rings. The number of aldehydes is 1. The average molecular weight is 216 g/mol. The zero-order valence-corrected chi connectivity index (χ0v) is 7.08. The van der Waals surface area contributed by atoms with E-state index in [0.717, 1.165) is 12.3 Å². The van der Waals surface area contributed by atoms with Gasteiger partial charge in [-0.1, -0.05) is 0 Å². The van der Waals surface area contributed by atoms with Crippen molar-refractivity contribution < 1.29 is 22.7 Å². The van der Waals surface area contributed by atoms with Crippen LogP contribution in [-0.2, 0) is 0 Å². The molecule has 0 N–H and O–H groups in total. The van der Waals surface area contributed by atoms with Gasteiger partial charge in [0.15, 0.2) is 6.29 Å². The number of nitriles is 1. The molecule has 0 aromatic carbocycles. The Morgan fingerprint density at radius 2 is 2.20 bits per heavy atom. The first-order valence-corrected chi connectivity index (χ1v) is 3.57. The third-order valence-corrected chi connectivity index (χ3v) is 1.36. The molecule has 78 valence electrons. The molecule has 4 nitrogen and oxygen atoms in total. The number of ether oxygens (including phenoxy) is 1. The van der Waals surface area contributed by atoms with Gasteiger partial charge in [0.05, 0.1) is 11.8 Å². The SMILES string of the molecule is N#Cc1cc(OC(F)(F)F)cnc1C=O. The van der Waals surface area contributed by atoms with Crippen LogP contribution in [0.4, 0.5) is 13.2 Å². The standard InChI is InChI=1S/C8H3F3N2O2/c9-8(10,11)15-6-1-5(2-12)7(4-14)13-3-6/h1,3-4H. The first-order chi connectivity index (χ1) is 6.96. The van der Waals surface area contributed by atoms with E-state index in [-0.39, 0.29) is 17.5 Å². The molecule has 0 atom stereocenters. The van der Waals surface area contributed by atoms with Crippen molar-refractivity contribution in [2.75, 3.05) is 0 Å². The predicted molar refractivity (Wildman–Crippen MR) is 41.0 cm³/mol. The van der Waals surface area contributed by atoms with Crippen molar-refractivity contribution in [2.24, 2.45) is 0 Å². The fourth-order valence-corrected chi connectivity index (χ4v) is 0.829. The van der Waals surface area contributed by atoms with Crippen molar-refractivity contribution in [1.29, 1.82) is 5.26 Å². The fraction of sp³-hybridized carbons (Fsp3) is 0.125. The predicted octanol–water partition coefficient (Wildman–Crippen LogP) is 1.66. The van der Waals surface area contributed by atoms with Gasteiger partial charge in [0, 0.05) is 6.07 Å². The summed E-state index contributed by atoms with van der Waals surface area (Å²) < 4.78 is 38.8. The van der Waals surface area contributed by atoms with Gasteiger partial charge in [0.25, 0.3) is 0 Å². The summed E-state index contributed by atoms with van der Waals surface area (Å²) in [6.07, 6.45) is -3.86. The first-order valence-electron chi connectivity index (χ1n) is 3.57. The monoisotopic (exact) mass is 216 g/mol. The number of nitrogens with zero attached hydrogens (tertiary/aromatic N) is 2. The molecule has 0 bridgehead atoms. The van der Waals surface area contributed by atoms with Crippen LogP contribution in [0.25, 0.3) is 0 Å². The topological polar surface area (TPSA) is 63.0 Å². The fourth-order valence-electron chi connectivity index (χ4n) is 0.829. The van der Waals surface area contributed by atoms with E-state index in [1.807, 2.05) is 0 Å². The van der Waals surface area contributed by atoms with E-state index in [0.29, 0.717) is 0 Å². The largest absolute Gasteiger partial charge is 0.573 e. The van der Waals surface area contributed by atoms with Crippen LogP contribution in [0.15, 0.2) is 12.3 Å². The summed E-state index contributed by atoms with van der Waals surface area (Å²) in [6.45, 7) is 0. The number of pyridine rings is 1. The molecule has 0 spiro atoms. The van der Waals surface area contributed by atoms with Gasteiger partial charge in [-0.2, -0.15) is 5.26 Å². The molecule has 1 aromatic rings. The average Bonchev–Trinajstić information content (AvgIpc) is 2.15. The smallest absolute Gasteiger partial charge is 0.404 e. The number of aromatic nitrogens is 1. The highest BCUT2D eigenvalue weighted by molar-refractivity contribution is 5.76. The molecule has 0 radical (unpaired) electrons. The molecule has 7 heteroatoms. The van der Waals surface area contributed by atoms with E-state index in [1.54, 1.807) is 0 Å². The number of alkyl halides is 3. The van der Waals surface area contributed by atoms with E-state index in [4.69, 9.17) is 5.26 Å². The van der Waals surface area contributed by atoms with E-state index < -0.39 is 12.1 Å². The van der Waals surface area contributed by atoms with Crippen LogP contribution in [0, 0.1) is 11.3 Å². The second-order valence-electron chi connectivity index (χ2n) is 2.38. The van der Waals surface area contributed by atoms with Crippen LogP contribution in [0.2, 0.25) is 0 Å². The first kappa shape index (κ1) is 11.0. The Kier molecular flexibility index (Phi) is 2.90. The Morgan fingerprint density at radius 3 is 2.67 bits per heavy atom. The van der Waals surface area contributed by atoms with E-state index in [9.17, 15) is 18.0 Å². The molecule has 0 aliphatic heterocycles. The highest BCUT2D eigenvalue weighted by atomic mass is 19.4. The van der Waals surface area contributed by atoms with Crippen LogP contribution >= 0.6 is 0 Å². The maximum Gasteiger partial charge on any atom is 0.573 e. The van der Waals surface area contributed by atoms with Gasteiger partial charge in [-0.05, 0) is 0 Å². The molecule has 1 rings (SSSR count). The Hall–Kier alpha value is -2.10. The molecule has 1 aromatic heterocycles. The summed E-state index contributed by atoms with van der Waals surface area (Å²) in [4.78, 5) is 13.6. The van der Waals surface area contributed by atoms with E-state index in [2.05, 4.69) is 9.72 Å². The molecule has 0 unspecified atom stereocenters. The minimum Gasteiger partial charge on any atom is -0.404 e. The van der Waals surface area contributed by atoms with Gasteiger partial charge in [-0.3, -0.25) is 4.79 Å². The normalized spacial score (nSPS) is 10.5. The Bertz CT molecular complexity index is 423. The molecular formula is C8H3F3N2O2. The minimum absolute atomic E-state index is 0.230. The number of hydrogen-bond donors (Lipinski definition) is 0. The van der Waals surface area contributed by atoms with Crippen LogP contribution in [0.1, 0.15) is 16.1 Å². The van der Waals surface area contributed by atoms with E-state index >= 15 is 0 Å². The summed E-state index contributed by atoms with van der Waals surface area (Å²) in [5, 5.41) is 8.49.